The molecule has 1 aliphatic heterocycles. The quantitative estimate of drug-likeness (QED) is 0.533. The number of hydrogen-bond acceptors (Lipinski definition) is 7. The molecule has 0 aromatic heterocycles. The van der Waals surface area contributed by atoms with Crippen LogP contribution < -0.4 is 24.2 Å². The fourth-order valence-electron chi connectivity index (χ4n) is 2.79. The molecule has 12 heteroatoms. The lowest BCUT2D eigenvalue weighted by atomic mass is 10.2. The van der Waals surface area contributed by atoms with Gasteiger partial charge in [-0.3, -0.25) is 9.52 Å². The van der Waals surface area contributed by atoms with Crippen LogP contribution in [-0.4, -0.2) is 48.8 Å². The number of amides is 1. The Hall–Kier alpha value is -2.83. The van der Waals surface area contributed by atoms with Crippen LogP contribution in [0.5, 0.6) is 11.5 Å². The van der Waals surface area contributed by atoms with Crippen molar-refractivity contribution in [3.63, 3.8) is 0 Å². The summed E-state index contributed by atoms with van der Waals surface area (Å²) in [5.74, 6) is 0.356. The van der Waals surface area contributed by atoms with Crippen LogP contribution in [0, 0.1) is 0 Å². The molecule has 1 heterocycles. The number of carbonyl (C=O) groups is 1. The summed E-state index contributed by atoms with van der Waals surface area (Å²) >= 11 is 0. The van der Waals surface area contributed by atoms with E-state index in [4.69, 9.17) is 9.47 Å². The summed E-state index contributed by atoms with van der Waals surface area (Å²) < 4.78 is 63.7. The Labute approximate surface area is 181 Å². The van der Waals surface area contributed by atoms with Gasteiger partial charge in [0, 0.05) is 25.5 Å². The summed E-state index contributed by atoms with van der Waals surface area (Å²) in [7, 11) is -7.39. The molecule has 0 bridgehead atoms. The predicted octanol–water partition coefficient (Wildman–Crippen LogP) is 1.53. The van der Waals surface area contributed by atoms with Crippen molar-refractivity contribution in [2.45, 2.75) is 17.7 Å². The first-order chi connectivity index (χ1) is 14.6. The molecular weight excluding hydrogens is 446 g/mol. The van der Waals surface area contributed by atoms with E-state index in [1.807, 2.05) is 0 Å². The van der Waals surface area contributed by atoms with Gasteiger partial charge in [0.05, 0.1) is 35.7 Å². The Kier molecular flexibility index (Phi) is 7.03. The van der Waals surface area contributed by atoms with Crippen LogP contribution in [0.4, 0.5) is 11.4 Å². The highest BCUT2D eigenvalue weighted by molar-refractivity contribution is 7.92. The van der Waals surface area contributed by atoms with Crippen LogP contribution in [0.15, 0.2) is 47.4 Å². The smallest absolute Gasteiger partial charge is 0.240 e. The SMILES string of the molecule is CS(=O)(=O)Nc1ccccc1NC(=O)CCNS(=O)(=O)c1ccc2c(c1)OCCCO2. The van der Waals surface area contributed by atoms with Crippen LogP contribution in [0.3, 0.4) is 0 Å². The molecule has 0 unspecified atom stereocenters. The zero-order chi connectivity index (χ0) is 22.5. The van der Waals surface area contributed by atoms with Gasteiger partial charge in [-0.2, -0.15) is 0 Å². The maximum Gasteiger partial charge on any atom is 0.240 e. The molecule has 168 valence electrons. The van der Waals surface area contributed by atoms with E-state index in [1.54, 1.807) is 12.1 Å². The average molecular weight is 470 g/mol. The molecule has 3 N–H and O–H groups in total. The van der Waals surface area contributed by atoms with Gasteiger partial charge in [0.2, 0.25) is 26.0 Å². The number of anilines is 2. The number of hydrogen-bond donors (Lipinski definition) is 3. The maximum atomic E-state index is 12.5. The first-order valence-corrected chi connectivity index (χ1v) is 12.8. The molecule has 1 amide bonds. The molecule has 31 heavy (non-hydrogen) atoms. The second-order valence-electron chi connectivity index (χ2n) is 6.77. The van der Waals surface area contributed by atoms with Gasteiger partial charge in [-0.25, -0.2) is 21.6 Å². The van der Waals surface area contributed by atoms with Crippen molar-refractivity contribution in [3.8, 4) is 11.5 Å². The van der Waals surface area contributed by atoms with Gasteiger partial charge in [0.1, 0.15) is 0 Å². The molecule has 0 spiro atoms. The monoisotopic (exact) mass is 469 g/mol. The number of ether oxygens (including phenoxy) is 2. The van der Waals surface area contributed by atoms with E-state index < -0.39 is 26.0 Å². The van der Waals surface area contributed by atoms with Crippen molar-refractivity contribution < 1.29 is 31.1 Å². The third-order valence-corrected chi connectivity index (χ3v) is 6.22. The van der Waals surface area contributed by atoms with Gasteiger partial charge < -0.3 is 14.8 Å². The second-order valence-corrected chi connectivity index (χ2v) is 10.3. The lowest BCUT2D eigenvalue weighted by molar-refractivity contribution is -0.116. The molecular formula is C19H23N3O7S2. The first kappa shape index (κ1) is 22.8. The van der Waals surface area contributed by atoms with Crippen molar-refractivity contribution in [1.82, 2.24) is 4.72 Å². The minimum Gasteiger partial charge on any atom is -0.490 e. The summed E-state index contributed by atoms with van der Waals surface area (Å²) in [5, 5.41) is 2.57. The summed E-state index contributed by atoms with van der Waals surface area (Å²) in [6.45, 7) is 0.777. The molecule has 0 atom stereocenters. The lowest BCUT2D eigenvalue weighted by Crippen LogP contribution is -2.28. The molecule has 2 aromatic rings. The van der Waals surface area contributed by atoms with Crippen LogP contribution in [0.1, 0.15) is 12.8 Å². The highest BCUT2D eigenvalue weighted by Gasteiger charge is 2.19. The third-order valence-electron chi connectivity index (χ3n) is 4.17. The normalized spacial score (nSPS) is 13.8. The van der Waals surface area contributed by atoms with Gasteiger partial charge in [-0.1, -0.05) is 12.1 Å². The molecule has 0 fully saturated rings. The van der Waals surface area contributed by atoms with E-state index >= 15 is 0 Å². The maximum absolute atomic E-state index is 12.5. The van der Waals surface area contributed by atoms with Crippen molar-refractivity contribution in [2.24, 2.45) is 0 Å². The number of benzene rings is 2. The fourth-order valence-corrected chi connectivity index (χ4v) is 4.41. The van der Waals surface area contributed by atoms with E-state index in [9.17, 15) is 21.6 Å². The number of rotatable bonds is 8. The van der Waals surface area contributed by atoms with E-state index in [2.05, 4.69) is 14.8 Å². The van der Waals surface area contributed by atoms with E-state index in [0.717, 1.165) is 6.26 Å². The Morgan fingerprint density at radius 1 is 0.968 bits per heavy atom. The van der Waals surface area contributed by atoms with Gasteiger partial charge in [0.15, 0.2) is 11.5 Å². The van der Waals surface area contributed by atoms with E-state index in [-0.39, 0.29) is 29.2 Å². The fraction of sp³-hybridized carbons (Fsp3) is 0.316. The van der Waals surface area contributed by atoms with E-state index in [0.29, 0.717) is 31.1 Å². The van der Waals surface area contributed by atoms with E-state index in [1.165, 1.54) is 30.3 Å². The molecule has 1 aliphatic rings. The Balaban J connectivity index is 1.59. The minimum absolute atomic E-state index is 0.000133. The topological polar surface area (TPSA) is 140 Å². The van der Waals surface area contributed by atoms with Gasteiger partial charge in [0.25, 0.3) is 0 Å². The number of sulfonamides is 2. The molecule has 0 radical (unpaired) electrons. The predicted molar refractivity (Wildman–Crippen MR) is 115 cm³/mol. The standard InChI is InChI=1S/C19H23N3O7S2/c1-30(24,25)22-16-6-3-2-5-15(16)21-19(23)9-10-20-31(26,27)14-7-8-17-18(13-14)29-12-4-11-28-17/h2-3,5-8,13,20,22H,4,9-12H2,1H3,(H,21,23). The minimum atomic E-state index is -3.86. The number of nitrogens with one attached hydrogen (secondary N) is 3. The molecule has 0 aliphatic carbocycles. The highest BCUT2D eigenvalue weighted by atomic mass is 32.2. The summed E-state index contributed by atoms with van der Waals surface area (Å²) in [6.07, 6.45) is 1.55. The van der Waals surface area contributed by atoms with Gasteiger partial charge in [-0.15, -0.1) is 0 Å². The lowest BCUT2D eigenvalue weighted by Gasteiger charge is -2.13. The van der Waals surface area contributed by atoms with Crippen molar-refractivity contribution in [3.05, 3.63) is 42.5 Å². The zero-order valence-corrected chi connectivity index (χ0v) is 18.4. The Morgan fingerprint density at radius 2 is 1.65 bits per heavy atom. The summed E-state index contributed by atoms with van der Waals surface area (Å²) in [6, 6.07) is 10.6. The number of para-hydroxylation sites is 2. The van der Waals surface area contributed by atoms with Crippen LogP contribution in [-0.2, 0) is 24.8 Å². The van der Waals surface area contributed by atoms with Gasteiger partial charge in [-0.05, 0) is 24.3 Å². The van der Waals surface area contributed by atoms with Crippen LogP contribution in [0.25, 0.3) is 0 Å². The Morgan fingerprint density at radius 3 is 2.35 bits per heavy atom. The summed E-state index contributed by atoms with van der Waals surface area (Å²) in [5.41, 5.74) is 0.481. The van der Waals surface area contributed by atoms with Crippen molar-refractivity contribution in [1.29, 1.82) is 0 Å². The summed E-state index contributed by atoms with van der Waals surface area (Å²) in [4.78, 5) is 12.2. The second kappa shape index (κ2) is 9.54. The van der Waals surface area contributed by atoms with Crippen molar-refractivity contribution >= 4 is 37.3 Å². The molecule has 3 rings (SSSR count). The first-order valence-electron chi connectivity index (χ1n) is 9.40. The highest BCUT2D eigenvalue weighted by Crippen LogP contribution is 2.31. The number of fused-ring (bicyclic) bond motifs is 1. The van der Waals surface area contributed by atoms with Gasteiger partial charge >= 0.3 is 0 Å². The molecule has 0 saturated heterocycles. The van der Waals surface area contributed by atoms with Crippen molar-refractivity contribution in [2.75, 3.05) is 36.1 Å². The Bertz CT molecular complexity index is 1160. The molecule has 2 aromatic carbocycles. The van der Waals surface area contributed by atoms with Crippen LogP contribution in [0.2, 0.25) is 0 Å². The third kappa shape index (κ3) is 6.57. The van der Waals surface area contributed by atoms with Crippen LogP contribution >= 0.6 is 0 Å². The molecule has 10 nitrogen and oxygen atoms in total. The molecule has 0 saturated carbocycles. The average Bonchev–Trinajstić information content (AvgIpc) is 2.93. The number of carbonyl (C=O) groups excluding carboxylic acids is 1. The largest absolute Gasteiger partial charge is 0.490 e. The zero-order valence-electron chi connectivity index (χ0n) is 16.8.